The Bertz CT molecular complexity index is 587. The van der Waals surface area contributed by atoms with E-state index in [-0.39, 0.29) is 11.6 Å². The van der Waals surface area contributed by atoms with Crippen molar-refractivity contribution in [3.8, 4) is 5.75 Å². The van der Waals surface area contributed by atoms with Crippen molar-refractivity contribution in [1.29, 1.82) is 0 Å². The maximum absolute atomic E-state index is 12.5. The number of amides is 2. The first-order valence-corrected chi connectivity index (χ1v) is 6.74. The number of nitrogens with zero attached hydrogens (tertiary/aromatic N) is 2. The Labute approximate surface area is 120 Å². The lowest BCUT2D eigenvalue weighted by atomic mass is 10.0. The highest BCUT2D eigenvalue weighted by Crippen LogP contribution is 2.38. The van der Waals surface area contributed by atoms with Gasteiger partial charge >= 0.3 is 12.6 Å². The maximum atomic E-state index is 12.5. The van der Waals surface area contributed by atoms with Crippen molar-refractivity contribution in [3.63, 3.8) is 0 Å². The van der Waals surface area contributed by atoms with Crippen LogP contribution in [0.5, 0.6) is 5.75 Å². The Hall–Kier alpha value is -2.18. The molecular formula is C14H15F2N3O2. The first kappa shape index (κ1) is 13.8. The Morgan fingerprint density at radius 1 is 1.38 bits per heavy atom. The molecule has 1 heterocycles. The highest BCUT2D eigenvalue weighted by atomic mass is 19.3. The fraction of sp³-hybridized carbons (Fsp3) is 0.429. The Kier molecular flexibility index (Phi) is 3.48. The number of benzene rings is 1. The number of halogens is 2. The second kappa shape index (κ2) is 5.31. The number of aliphatic imine (C=N–C) groups is 1. The molecule has 1 atom stereocenters. The summed E-state index contributed by atoms with van der Waals surface area (Å²) >= 11 is 0. The zero-order valence-corrected chi connectivity index (χ0v) is 11.2. The number of hydrogen-bond donors (Lipinski definition) is 1. The largest absolute Gasteiger partial charge is 0.434 e. The molecule has 2 amide bonds. The number of rotatable bonds is 5. The van der Waals surface area contributed by atoms with E-state index in [1.165, 1.54) is 11.0 Å². The number of alkyl halides is 2. The predicted molar refractivity (Wildman–Crippen MR) is 72.3 cm³/mol. The second-order valence-corrected chi connectivity index (χ2v) is 5.23. The average Bonchev–Trinajstić information content (AvgIpc) is 3.18. The van der Waals surface area contributed by atoms with Gasteiger partial charge in [-0.25, -0.2) is 4.79 Å². The molecule has 112 valence electrons. The van der Waals surface area contributed by atoms with Gasteiger partial charge in [-0.3, -0.25) is 0 Å². The molecule has 1 aromatic carbocycles. The van der Waals surface area contributed by atoms with Gasteiger partial charge in [0.2, 0.25) is 0 Å². The molecule has 1 aromatic rings. The van der Waals surface area contributed by atoms with E-state index in [4.69, 9.17) is 5.73 Å². The lowest BCUT2D eigenvalue weighted by Crippen LogP contribution is -2.35. The summed E-state index contributed by atoms with van der Waals surface area (Å²) in [5, 5.41) is 0. The molecule has 0 bridgehead atoms. The molecule has 1 aliphatic heterocycles. The van der Waals surface area contributed by atoms with Gasteiger partial charge in [-0.2, -0.15) is 13.8 Å². The lowest BCUT2D eigenvalue weighted by molar-refractivity contribution is -0.0507. The first-order chi connectivity index (χ1) is 10.1. The van der Waals surface area contributed by atoms with E-state index in [1.54, 1.807) is 18.2 Å². The third-order valence-electron chi connectivity index (χ3n) is 3.64. The summed E-state index contributed by atoms with van der Waals surface area (Å²) in [6, 6.07) is 5.30. The number of ether oxygens (including phenoxy) is 1. The summed E-state index contributed by atoms with van der Waals surface area (Å²) in [5.74, 6) is 0.581. The topological polar surface area (TPSA) is 67.9 Å². The van der Waals surface area contributed by atoms with Crippen molar-refractivity contribution in [1.82, 2.24) is 4.90 Å². The third kappa shape index (κ3) is 2.81. The number of carbonyl (C=O) groups is 1. The molecule has 21 heavy (non-hydrogen) atoms. The van der Waals surface area contributed by atoms with E-state index < -0.39 is 18.7 Å². The van der Waals surface area contributed by atoms with Crippen molar-refractivity contribution in [2.45, 2.75) is 25.5 Å². The smallest absolute Gasteiger partial charge is 0.387 e. The summed E-state index contributed by atoms with van der Waals surface area (Å²) in [4.78, 5) is 17.2. The highest BCUT2D eigenvalue weighted by Gasteiger charge is 2.39. The number of nitrogens with two attached hydrogens (primary N) is 1. The number of hydrogen-bond acceptors (Lipinski definition) is 3. The van der Waals surface area contributed by atoms with E-state index in [0.717, 1.165) is 12.8 Å². The third-order valence-corrected chi connectivity index (χ3v) is 3.64. The van der Waals surface area contributed by atoms with Crippen LogP contribution in [0.3, 0.4) is 0 Å². The van der Waals surface area contributed by atoms with E-state index in [0.29, 0.717) is 18.0 Å². The van der Waals surface area contributed by atoms with Crippen LogP contribution in [0.1, 0.15) is 24.4 Å². The lowest BCUT2D eigenvalue weighted by Gasteiger charge is -2.26. The monoisotopic (exact) mass is 295 g/mol. The molecule has 0 saturated heterocycles. The van der Waals surface area contributed by atoms with Gasteiger partial charge in [0.15, 0.2) is 0 Å². The molecule has 1 aliphatic carbocycles. The molecule has 0 radical (unpaired) electrons. The fourth-order valence-corrected chi connectivity index (χ4v) is 2.50. The number of amidine groups is 1. The molecule has 0 aromatic heterocycles. The van der Waals surface area contributed by atoms with Gasteiger partial charge in [0.1, 0.15) is 17.6 Å². The van der Waals surface area contributed by atoms with Gasteiger partial charge < -0.3 is 15.4 Å². The van der Waals surface area contributed by atoms with Crippen LogP contribution < -0.4 is 10.5 Å². The minimum Gasteiger partial charge on any atom is -0.434 e. The minimum atomic E-state index is -2.93. The summed E-state index contributed by atoms with van der Waals surface area (Å²) < 4.78 is 29.6. The molecular weight excluding hydrogens is 280 g/mol. The molecule has 3 rings (SSSR count). The van der Waals surface area contributed by atoms with Gasteiger partial charge in [0, 0.05) is 12.1 Å². The van der Waals surface area contributed by atoms with Gasteiger partial charge in [-0.15, -0.1) is 0 Å². The second-order valence-electron chi connectivity index (χ2n) is 5.23. The van der Waals surface area contributed by atoms with Crippen molar-refractivity contribution in [2.24, 2.45) is 16.6 Å². The Morgan fingerprint density at radius 3 is 2.76 bits per heavy atom. The van der Waals surface area contributed by atoms with Crippen molar-refractivity contribution >= 4 is 11.9 Å². The van der Waals surface area contributed by atoms with E-state index in [9.17, 15) is 13.6 Å². The van der Waals surface area contributed by atoms with E-state index >= 15 is 0 Å². The van der Waals surface area contributed by atoms with Gasteiger partial charge in [0.25, 0.3) is 0 Å². The Balaban J connectivity index is 1.92. The molecule has 2 aliphatic rings. The molecule has 2 N–H and O–H groups in total. The number of carbonyl (C=O) groups excluding carboxylic acids is 1. The highest BCUT2D eigenvalue weighted by molar-refractivity contribution is 6.03. The van der Waals surface area contributed by atoms with E-state index in [2.05, 4.69) is 9.73 Å². The van der Waals surface area contributed by atoms with Crippen molar-refractivity contribution in [2.75, 3.05) is 6.54 Å². The quantitative estimate of drug-likeness (QED) is 0.907. The number of urea groups is 1. The number of para-hydroxylation sites is 1. The van der Waals surface area contributed by atoms with Crippen LogP contribution in [0, 0.1) is 5.92 Å². The minimum absolute atomic E-state index is 0.0196. The average molecular weight is 295 g/mol. The first-order valence-electron chi connectivity index (χ1n) is 6.74. The summed E-state index contributed by atoms with van der Waals surface area (Å²) in [5.41, 5.74) is 6.27. The van der Waals surface area contributed by atoms with Crippen LogP contribution in [0.4, 0.5) is 13.6 Å². The summed E-state index contributed by atoms with van der Waals surface area (Å²) in [6.07, 6.45) is 2.12. The molecule has 1 fully saturated rings. The molecule has 0 spiro atoms. The standard InChI is InChI=1S/C14H15F2N3O2/c15-13(16)21-10-4-2-1-3-9(10)11-12(17)18-14(20)19(11)7-8-5-6-8/h1-4,8,11,13H,5-7H2,(H2,17,18,20). The van der Waals surface area contributed by atoms with Crippen LogP contribution in [0.25, 0.3) is 0 Å². The SMILES string of the molecule is NC1=NC(=O)N(CC2CC2)C1c1ccccc1OC(F)F. The molecule has 5 nitrogen and oxygen atoms in total. The molecule has 1 unspecified atom stereocenters. The van der Waals surface area contributed by atoms with Crippen LogP contribution >= 0.6 is 0 Å². The van der Waals surface area contributed by atoms with Crippen LogP contribution in [0.15, 0.2) is 29.3 Å². The zero-order valence-electron chi connectivity index (χ0n) is 11.2. The zero-order chi connectivity index (χ0) is 15.0. The van der Waals surface area contributed by atoms with Crippen molar-refractivity contribution < 1.29 is 18.3 Å². The van der Waals surface area contributed by atoms with E-state index in [1.807, 2.05) is 0 Å². The normalized spacial score (nSPS) is 21.9. The van der Waals surface area contributed by atoms with Crippen LogP contribution in [-0.2, 0) is 0 Å². The predicted octanol–water partition coefficient (Wildman–Crippen LogP) is 2.53. The maximum Gasteiger partial charge on any atom is 0.387 e. The summed E-state index contributed by atoms with van der Waals surface area (Å²) in [6.45, 7) is -2.39. The van der Waals surface area contributed by atoms with Crippen LogP contribution in [0.2, 0.25) is 0 Å². The van der Waals surface area contributed by atoms with Crippen molar-refractivity contribution in [3.05, 3.63) is 29.8 Å². The molecule has 1 saturated carbocycles. The molecule has 7 heteroatoms. The fourth-order valence-electron chi connectivity index (χ4n) is 2.50. The Morgan fingerprint density at radius 2 is 2.10 bits per heavy atom. The van der Waals surface area contributed by atoms with Gasteiger partial charge in [0.05, 0.1) is 0 Å². The van der Waals surface area contributed by atoms with Gasteiger partial charge in [-0.05, 0) is 24.8 Å². The van der Waals surface area contributed by atoms with Gasteiger partial charge in [-0.1, -0.05) is 18.2 Å². The summed E-state index contributed by atoms with van der Waals surface area (Å²) in [7, 11) is 0. The van der Waals surface area contributed by atoms with Crippen LogP contribution in [-0.4, -0.2) is 29.9 Å².